The largest absolute Gasteiger partial charge is 0.377 e. The number of rotatable bonds is 4. The van der Waals surface area contributed by atoms with E-state index in [1.165, 1.54) is 18.2 Å². The fraction of sp³-hybridized carbons (Fsp3) is 0.143. The minimum absolute atomic E-state index is 0.0169. The maximum atomic E-state index is 13.2. The predicted molar refractivity (Wildman–Crippen MR) is 76.3 cm³/mol. The van der Waals surface area contributed by atoms with Crippen LogP contribution in [0.1, 0.15) is 18.5 Å². The van der Waals surface area contributed by atoms with Gasteiger partial charge < -0.3 is 5.32 Å². The molecule has 0 saturated carbocycles. The number of nitrogens with two attached hydrogens (primary N) is 1. The Balaban J connectivity index is 2.31. The van der Waals surface area contributed by atoms with Crippen LogP contribution >= 0.6 is 0 Å². The van der Waals surface area contributed by atoms with Gasteiger partial charge in [0.2, 0.25) is 10.0 Å². The van der Waals surface area contributed by atoms with Gasteiger partial charge >= 0.3 is 0 Å². The van der Waals surface area contributed by atoms with Gasteiger partial charge in [0, 0.05) is 6.04 Å². The number of hydrogen-bond donors (Lipinski definition) is 2. The molecule has 0 aliphatic rings. The lowest BCUT2D eigenvalue weighted by Gasteiger charge is -2.17. The molecule has 1 atom stereocenters. The van der Waals surface area contributed by atoms with Crippen LogP contribution in [0.15, 0.2) is 53.4 Å². The summed E-state index contributed by atoms with van der Waals surface area (Å²) >= 11 is 0. The average molecular weight is 294 g/mol. The fourth-order valence-corrected chi connectivity index (χ4v) is 2.63. The molecule has 4 nitrogen and oxygen atoms in total. The van der Waals surface area contributed by atoms with E-state index in [4.69, 9.17) is 5.14 Å². The van der Waals surface area contributed by atoms with Gasteiger partial charge in [-0.15, -0.1) is 0 Å². The Bertz CT molecular complexity index is 717. The number of anilines is 1. The summed E-state index contributed by atoms with van der Waals surface area (Å²) in [4.78, 5) is 0.0169. The van der Waals surface area contributed by atoms with E-state index in [2.05, 4.69) is 5.32 Å². The predicted octanol–water partition coefficient (Wildman–Crippen LogP) is 2.65. The molecule has 1 unspecified atom stereocenters. The van der Waals surface area contributed by atoms with E-state index in [-0.39, 0.29) is 16.8 Å². The highest BCUT2D eigenvalue weighted by Gasteiger charge is 2.15. The summed E-state index contributed by atoms with van der Waals surface area (Å²) in [6.45, 7) is 1.81. The van der Waals surface area contributed by atoms with Gasteiger partial charge in [0.25, 0.3) is 0 Å². The summed E-state index contributed by atoms with van der Waals surface area (Å²) in [5, 5.41) is 8.20. The number of nitrogens with one attached hydrogen (secondary N) is 1. The Morgan fingerprint density at radius 1 is 1.15 bits per heavy atom. The number of para-hydroxylation sites is 1. The molecule has 106 valence electrons. The van der Waals surface area contributed by atoms with Crippen molar-refractivity contribution < 1.29 is 12.8 Å². The molecule has 6 heteroatoms. The number of benzene rings is 2. The molecule has 0 aliphatic heterocycles. The second-order valence-electron chi connectivity index (χ2n) is 4.46. The van der Waals surface area contributed by atoms with E-state index in [9.17, 15) is 12.8 Å². The van der Waals surface area contributed by atoms with Crippen LogP contribution in [-0.2, 0) is 10.0 Å². The molecule has 2 rings (SSSR count). The smallest absolute Gasteiger partial charge is 0.240 e. The third-order valence-electron chi connectivity index (χ3n) is 2.91. The minimum Gasteiger partial charge on any atom is -0.377 e. The molecule has 2 aromatic carbocycles. The maximum Gasteiger partial charge on any atom is 0.240 e. The van der Waals surface area contributed by atoms with E-state index in [0.717, 1.165) is 0 Å². The molecule has 0 spiro atoms. The topological polar surface area (TPSA) is 72.2 Å². The summed E-state index contributed by atoms with van der Waals surface area (Å²) < 4.78 is 36.2. The van der Waals surface area contributed by atoms with E-state index in [1.807, 2.05) is 6.92 Å². The highest BCUT2D eigenvalue weighted by atomic mass is 32.2. The second kappa shape index (κ2) is 5.60. The van der Waals surface area contributed by atoms with Crippen LogP contribution in [0, 0.1) is 5.82 Å². The zero-order valence-electron chi connectivity index (χ0n) is 10.9. The standard InChI is InChI=1S/C14H15FN2O2S/c1-10(11-5-4-6-12(15)9-11)17-13-7-2-3-8-14(13)20(16,18)19/h2-10,17H,1H3,(H2,16,18,19). The van der Waals surface area contributed by atoms with Crippen molar-refractivity contribution in [3.63, 3.8) is 0 Å². The fourth-order valence-electron chi connectivity index (χ4n) is 1.93. The first-order valence-electron chi connectivity index (χ1n) is 6.02. The van der Waals surface area contributed by atoms with Gasteiger partial charge in [-0.05, 0) is 36.8 Å². The first-order chi connectivity index (χ1) is 9.38. The van der Waals surface area contributed by atoms with E-state index < -0.39 is 10.0 Å². The molecule has 3 N–H and O–H groups in total. The van der Waals surface area contributed by atoms with Crippen molar-refractivity contribution in [2.75, 3.05) is 5.32 Å². The summed E-state index contributed by atoms with van der Waals surface area (Å²) in [7, 11) is -3.81. The van der Waals surface area contributed by atoms with Crippen molar-refractivity contribution in [1.82, 2.24) is 0 Å². The van der Waals surface area contributed by atoms with Gasteiger partial charge in [-0.3, -0.25) is 0 Å². The summed E-state index contributed by atoms with van der Waals surface area (Å²) in [6.07, 6.45) is 0. The van der Waals surface area contributed by atoms with Crippen molar-refractivity contribution in [3.05, 3.63) is 59.9 Å². The number of hydrogen-bond acceptors (Lipinski definition) is 3. The highest BCUT2D eigenvalue weighted by Crippen LogP contribution is 2.25. The van der Waals surface area contributed by atoms with Gasteiger partial charge in [0.1, 0.15) is 10.7 Å². The Morgan fingerprint density at radius 3 is 2.50 bits per heavy atom. The van der Waals surface area contributed by atoms with Crippen LogP contribution in [-0.4, -0.2) is 8.42 Å². The van der Waals surface area contributed by atoms with Crippen LogP contribution in [0.4, 0.5) is 10.1 Å². The zero-order chi connectivity index (χ0) is 14.8. The molecule has 2 aromatic rings. The van der Waals surface area contributed by atoms with E-state index in [1.54, 1.807) is 30.3 Å². The van der Waals surface area contributed by atoms with Crippen LogP contribution in [0.3, 0.4) is 0 Å². The van der Waals surface area contributed by atoms with Gasteiger partial charge in [0.05, 0.1) is 5.69 Å². The van der Waals surface area contributed by atoms with Gasteiger partial charge in [-0.25, -0.2) is 17.9 Å². The molecule has 0 aromatic heterocycles. The lowest BCUT2D eigenvalue weighted by molar-refractivity contribution is 0.597. The summed E-state index contributed by atoms with van der Waals surface area (Å²) in [6, 6.07) is 12.2. The lowest BCUT2D eigenvalue weighted by Crippen LogP contribution is -2.16. The van der Waals surface area contributed by atoms with Gasteiger partial charge in [-0.2, -0.15) is 0 Å². The molecular formula is C14H15FN2O2S. The first kappa shape index (κ1) is 14.5. The highest BCUT2D eigenvalue weighted by molar-refractivity contribution is 7.89. The minimum atomic E-state index is -3.81. The molecule has 0 radical (unpaired) electrons. The Morgan fingerprint density at radius 2 is 1.85 bits per heavy atom. The van der Waals surface area contributed by atoms with Crippen LogP contribution in [0.5, 0.6) is 0 Å². The van der Waals surface area contributed by atoms with E-state index in [0.29, 0.717) is 11.3 Å². The maximum absolute atomic E-state index is 13.2. The first-order valence-corrected chi connectivity index (χ1v) is 7.56. The normalized spacial score (nSPS) is 12.9. The number of sulfonamides is 1. The third-order valence-corrected chi connectivity index (χ3v) is 3.88. The van der Waals surface area contributed by atoms with Crippen molar-refractivity contribution >= 4 is 15.7 Å². The van der Waals surface area contributed by atoms with Gasteiger partial charge in [0.15, 0.2) is 0 Å². The van der Waals surface area contributed by atoms with Crippen LogP contribution in [0.2, 0.25) is 0 Å². The van der Waals surface area contributed by atoms with Gasteiger partial charge in [-0.1, -0.05) is 24.3 Å². The molecule has 20 heavy (non-hydrogen) atoms. The summed E-state index contributed by atoms with van der Waals surface area (Å²) in [5.41, 5.74) is 1.11. The average Bonchev–Trinajstić information content (AvgIpc) is 2.38. The Kier molecular flexibility index (Phi) is 4.06. The SMILES string of the molecule is CC(Nc1ccccc1S(N)(=O)=O)c1cccc(F)c1. The van der Waals surface area contributed by atoms with Crippen molar-refractivity contribution in [3.8, 4) is 0 Å². The molecule has 0 heterocycles. The van der Waals surface area contributed by atoms with Crippen LogP contribution < -0.4 is 10.5 Å². The molecule has 0 aliphatic carbocycles. The van der Waals surface area contributed by atoms with Crippen LogP contribution in [0.25, 0.3) is 0 Å². The second-order valence-corrected chi connectivity index (χ2v) is 5.99. The molecule has 0 bridgehead atoms. The molecule has 0 saturated heterocycles. The van der Waals surface area contributed by atoms with Crippen molar-refractivity contribution in [1.29, 1.82) is 0 Å². The zero-order valence-corrected chi connectivity index (χ0v) is 11.7. The Hall–Kier alpha value is -1.92. The van der Waals surface area contributed by atoms with Crippen molar-refractivity contribution in [2.45, 2.75) is 17.9 Å². The molecule has 0 amide bonds. The Labute approximate surface area is 117 Å². The molecule has 0 fully saturated rings. The third kappa shape index (κ3) is 3.34. The monoisotopic (exact) mass is 294 g/mol. The van der Waals surface area contributed by atoms with E-state index >= 15 is 0 Å². The van der Waals surface area contributed by atoms with Crippen molar-refractivity contribution in [2.24, 2.45) is 5.14 Å². The number of primary sulfonamides is 1. The summed E-state index contributed by atoms with van der Waals surface area (Å²) in [5.74, 6) is -0.337. The lowest BCUT2D eigenvalue weighted by atomic mass is 10.1. The molecular weight excluding hydrogens is 279 g/mol. The quantitative estimate of drug-likeness (QED) is 0.910. The number of halogens is 1.